The van der Waals surface area contributed by atoms with Gasteiger partial charge in [-0.15, -0.1) is 0 Å². The molecule has 1 rings (SSSR count). The fourth-order valence-electron chi connectivity index (χ4n) is 1.53. The van der Waals surface area contributed by atoms with Gasteiger partial charge in [-0.25, -0.2) is 0 Å². The molecule has 0 aromatic carbocycles. The van der Waals surface area contributed by atoms with Gasteiger partial charge in [0.15, 0.2) is 0 Å². The zero-order valence-corrected chi connectivity index (χ0v) is 9.30. The Bertz CT molecular complexity index is 123. The first kappa shape index (κ1) is 9.86. The van der Waals surface area contributed by atoms with Crippen molar-refractivity contribution in [1.82, 2.24) is 4.67 Å². The van der Waals surface area contributed by atoms with E-state index in [1.165, 1.54) is 19.4 Å². The highest BCUT2D eigenvalue weighted by Crippen LogP contribution is 2.24. The highest BCUT2D eigenvalue weighted by Gasteiger charge is 2.22. The SMILES string of the molecule is CC1CC[C@@H](COP)N(P)C1. The molecule has 0 saturated carbocycles. The Morgan fingerprint density at radius 2 is 2.27 bits per heavy atom. The molecule has 0 aromatic heterocycles. The minimum Gasteiger partial charge on any atom is -0.364 e. The summed E-state index contributed by atoms with van der Waals surface area (Å²) in [6, 6.07) is 0.605. The van der Waals surface area contributed by atoms with Gasteiger partial charge < -0.3 is 4.52 Å². The quantitative estimate of drug-likeness (QED) is 0.619. The van der Waals surface area contributed by atoms with Gasteiger partial charge in [0.2, 0.25) is 0 Å². The molecule has 0 amide bonds. The normalized spacial score (nSPS) is 34.1. The van der Waals surface area contributed by atoms with Crippen LogP contribution in [0.3, 0.4) is 0 Å². The Morgan fingerprint density at radius 1 is 1.55 bits per heavy atom. The van der Waals surface area contributed by atoms with Crippen molar-refractivity contribution >= 4 is 18.9 Å². The maximum Gasteiger partial charge on any atom is 0.0660 e. The summed E-state index contributed by atoms with van der Waals surface area (Å²) in [7, 11) is 5.10. The molecule has 4 heteroatoms. The minimum absolute atomic E-state index is 0.605. The highest BCUT2D eigenvalue weighted by atomic mass is 31.0. The van der Waals surface area contributed by atoms with Crippen molar-refractivity contribution in [3.05, 3.63) is 0 Å². The Morgan fingerprint density at radius 3 is 2.82 bits per heavy atom. The minimum atomic E-state index is 0.605. The van der Waals surface area contributed by atoms with E-state index in [2.05, 4.69) is 30.5 Å². The summed E-state index contributed by atoms with van der Waals surface area (Å²) >= 11 is 0. The molecule has 1 heterocycles. The Kier molecular flexibility index (Phi) is 4.23. The van der Waals surface area contributed by atoms with E-state index >= 15 is 0 Å². The molecule has 2 nitrogen and oxygen atoms in total. The van der Waals surface area contributed by atoms with Gasteiger partial charge in [-0.2, -0.15) is 0 Å². The molecule has 0 spiro atoms. The summed E-state index contributed by atoms with van der Waals surface area (Å²) in [6.45, 7) is 4.32. The third kappa shape index (κ3) is 2.95. The van der Waals surface area contributed by atoms with E-state index in [-0.39, 0.29) is 0 Å². The molecular formula is C7H17NOP2. The molecule has 1 aliphatic rings. The van der Waals surface area contributed by atoms with Crippen molar-refractivity contribution in [3.8, 4) is 0 Å². The smallest absolute Gasteiger partial charge is 0.0660 e. The molecule has 1 saturated heterocycles. The van der Waals surface area contributed by atoms with Crippen molar-refractivity contribution in [1.29, 1.82) is 0 Å². The molecule has 3 unspecified atom stereocenters. The van der Waals surface area contributed by atoms with Crippen LogP contribution in [0.25, 0.3) is 0 Å². The average Bonchev–Trinajstić information content (AvgIpc) is 1.95. The summed E-state index contributed by atoms with van der Waals surface area (Å²) < 4.78 is 7.37. The lowest BCUT2D eigenvalue weighted by molar-refractivity contribution is 0.165. The van der Waals surface area contributed by atoms with Crippen LogP contribution in [0.4, 0.5) is 0 Å². The monoisotopic (exact) mass is 193 g/mol. The van der Waals surface area contributed by atoms with Gasteiger partial charge in [0.25, 0.3) is 0 Å². The van der Waals surface area contributed by atoms with Crippen LogP contribution >= 0.6 is 18.9 Å². The zero-order valence-electron chi connectivity index (χ0n) is 6.99. The predicted octanol–water partition coefficient (Wildman–Crippen LogP) is 1.68. The van der Waals surface area contributed by atoms with Crippen molar-refractivity contribution in [2.75, 3.05) is 13.2 Å². The number of hydrogen-bond donors (Lipinski definition) is 0. The molecule has 0 radical (unpaired) electrons. The zero-order chi connectivity index (χ0) is 8.27. The Labute approximate surface area is 73.6 Å². The molecule has 0 aliphatic carbocycles. The van der Waals surface area contributed by atoms with E-state index in [1.807, 2.05) is 0 Å². The Balaban J connectivity index is 2.31. The van der Waals surface area contributed by atoms with Crippen LogP contribution in [-0.4, -0.2) is 23.9 Å². The van der Waals surface area contributed by atoms with Gasteiger partial charge in [-0.1, -0.05) is 16.3 Å². The van der Waals surface area contributed by atoms with E-state index < -0.39 is 0 Å². The van der Waals surface area contributed by atoms with E-state index in [4.69, 9.17) is 4.52 Å². The number of hydrogen-bond acceptors (Lipinski definition) is 2. The maximum atomic E-state index is 5.05. The average molecular weight is 193 g/mol. The second-order valence-corrected chi connectivity index (χ2v) is 4.36. The molecule has 1 fully saturated rings. The van der Waals surface area contributed by atoms with Gasteiger partial charge in [0.1, 0.15) is 0 Å². The van der Waals surface area contributed by atoms with Crippen molar-refractivity contribution in [3.63, 3.8) is 0 Å². The molecule has 0 aromatic rings. The first-order valence-corrected chi connectivity index (χ1v) is 5.06. The fourth-order valence-corrected chi connectivity index (χ4v) is 2.35. The first-order valence-electron chi connectivity index (χ1n) is 4.07. The van der Waals surface area contributed by atoms with Crippen LogP contribution in [0.15, 0.2) is 0 Å². The third-order valence-electron chi connectivity index (χ3n) is 2.27. The number of nitrogens with zero attached hydrogens (tertiary/aromatic N) is 1. The van der Waals surface area contributed by atoms with Crippen molar-refractivity contribution in [2.45, 2.75) is 25.8 Å². The van der Waals surface area contributed by atoms with E-state index in [0.29, 0.717) is 6.04 Å². The van der Waals surface area contributed by atoms with Crippen LogP contribution < -0.4 is 0 Å². The summed E-state index contributed by atoms with van der Waals surface area (Å²) in [4.78, 5) is 0. The highest BCUT2D eigenvalue weighted by molar-refractivity contribution is 7.13. The number of piperidine rings is 1. The molecule has 66 valence electrons. The van der Waals surface area contributed by atoms with Crippen molar-refractivity contribution < 1.29 is 4.52 Å². The molecule has 11 heavy (non-hydrogen) atoms. The van der Waals surface area contributed by atoms with E-state index in [1.54, 1.807) is 0 Å². The lowest BCUT2D eigenvalue weighted by Crippen LogP contribution is -2.38. The topological polar surface area (TPSA) is 12.5 Å². The first-order chi connectivity index (χ1) is 5.24. The van der Waals surface area contributed by atoms with Gasteiger partial charge >= 0.3 is 0 Å². The molecule has 4 atom stereocenters. The maximum absolute atomic E-state index is 5.05. The van der Waals surface area contributed by atoms with Crippen LogP contribution in [0.5, 0.6) is 0 Å². The van der Waals surface area contributed by atoms with Gasteiger partial charge in [0.05, 0.1) is 6.61 Å². The van der Waals surface area contributed by atoms with Crippen LogP contribution in [0.2, 0.25) is 0 Å². The van der Waals surface area contributed by atoms with Crippen LogP contribution in [-0.2, 0) is 4.52 Å². The summed E-state index contributed by atoms with van der Waals surface area (Å²) in [5.41, 5.74) is 0. The van der Waals surface area contributed by atoms with Gasteiger partial charge in [-0.05, 0) is 18.8 Å². The van der Waals surface area contributed by atoms with E-state index in [0.717, 1.165) is 12.5 Å². The fraction of sp³-hybridized carbons (Fsp3) is 1.00. The molecule has 1 aliphatic heterocycles. The van der Waals surface area contributed by atoms with Crippen molar-refractivity contribution in [2.24, 2.45) is 5.92 Å². The number of rotatable bonds is 2. The predicted molar refractivity (Wildman–Crippen MR) is 54.3 cm³/mol. The summed E-state index contributed by atoms with van der Waals surface area (Å²) in [5.74, 6) is 0.841. The summed E-state index contributed by atoms with van der Waals surface area (Å²) in [5, 5.41) is 0. The molecule has 0 N–H and O–H groups in total. The standard InChI is InChI=1S/C7H17NOP2/c1-6-2-3-7(5-9-11)8(10)4-6/h6-7H,2-5,10-11H2,1H3/t6?,7-/m0/s1. The second-order valence-electron chi connectivity index (χ2n) is 3.37. The van der Waals surface area contributed by atoms with Crippen LogP contribution in [0.1, 0.15) is 19.8 Å². The lowest BCUT2D eigenvalue weighted by atomic mass is 9.97. The largest absolute Gasteiger partial charge is 0.364 e. The van der Waals surface area contributed by atoms with Gasteiger partial charge in [-0.3, -0.25) is 4.67 Å². The van der Waals surface area contributed by atoms with Gasteiger partial charge in [0, 0.05) is 22.1 Å². The second kappa shape index (κ2) is 4.72. The molecular weight excluding hydrogens is 176 g/mol. The Hall–Kier alpha value is 0.780. The summed E-state index contributed by atoms with van der Waals surface area (Å²) in [6.07, 6.45) is 2.60. The third-order valence-corrected chi connectivity index (χ3v) is 3.10. The van der Waals surface area contributed by atoms with E-state index in [9.17, 15) is 0 Å². The lowest BCUT2D eigenvalue weighted by Gasteiger charge is -2.34. The molecule has 0 bridgehead atoms. The van der Waals surface area contributed by atoms with Crippen LogP contribution in [0, 0.1) is 5.92 Å².